The van der Waals surface area contributed by atoms with Gasteiger partial charge in [0.2, 0.25) is 0 Å². The molecule has 4 nitrogen and oxygen atoms in total. The lowest BCUT2D eigenvalue weighted by Gasteiger charge is -2.17. The van der Waals surface area contributed by atoms with Crippen LogP contribution in [0.4, 0.5) is 11.4 Å². The van der Waals surface area contributed by atoms with E-state index < -0.39 is 0 Å². The van der Waals surface area contributed by atoms with Crippen molar-refractivity contribution in [1.29, 1.82) is 0 Å². The first-order chi connectivity index (χ1) is 14.7. The maximum absolute atomic E-state index is 13.6. The van der Waals surface area contributed by atoms with Crippen LogP contribution in [-0.4, -0.2) is 11.8 Å². The van der Waals surface area contributed by atoms with Crippen molar-refractivity contribution in [3.05, 3.63) is 99.7 Å². The topological polar surface area (TPSA) is 49.4 Å². The number of nitrogens with one attached hydrogen (secondary N) is 1. The first kappa shape index (κ1) is 20.6. The normalized spacial score (nSPS) is 13.9. The predicted octanol–water partition coefficient (Wildman–Crippen LogP) is 5.63. The van der Waals surface area contributed by atoms with E-state index in [-0.39, 0.29) is 11.8 Å². The summed E-state index contributed by atoms with van der Waals surface area (Å²) in [6.07, 6.45) is 0. The fraction of sp³-hybridized carbons (Fsp3) is 0.185. The second-order valence-corrected chi connectivity index (χ2v) is 8.35. The molecule has 0 radical (unpaired) electrons. The maximum Gasteiger partial charge on any atom is 0.282 e. The number of amides is 2. The van der Waals surface area contributed by atoms with E-state index in [2.05, 4.69) is 5.32 Å². The Labute approximate surface area is 183 Å². The zero-order valence-electron chi connectivity index (χ0n) is 18.5. The molecule has 1 aliphatic heterocycles. The summed E-state index contributed by atoms with van der Waals surface area (Å²) >= 11 is 0. The highest BCUT2D eigenvalue weighted by molar-refractivity contribution is 6.46. The molecule has 4 heteroatoms. The van der Waals surface area contributed by atoms with Gasteiger partial charge in [0, 0.05) is 5.69 Å². The van der Waals surface area contributed by atoms with Crippen molar-refractivity contribution < 1.29 is 9.59 Å². The van der Waals surface area contributed by atoms with Crippen LogP contribution in [0, 0.1) is 34.6 Å². The van der Waals surface area contributed by atoms with Gasteiger partial charge in [-0.2, -0.15) is 0 Å². The van der Waals surface area contributed by atoms with Crippen molar-refractivity contribution in [1.82, 2.24) is 0 Å². The largest absolute Gasteiger partial charge is 0.350 e. The van der Waals surface area contributed by atoms with E-state index in [9.17, 15) is 9.59 Å². The summed E-state index contributed by atoms with van der Waals surface area (Å²) in [7, 11) is 0. The van der Waals surface area contributed by atoms with Crippen molar-refractivity contribution in [3.8, 4) is 0 Å². The number of carbonyl (C=O) groups excluding carboxylic acids is 2. The molecule has 2 amide bonds. The van der Waals surface area contributed by atoms with Crippen LogP contribution >= 0.6 is 0 Å². The number of benzene rings is 3. The highest BCUT2D eigenvalue weighted by Gasteiger charge is 2.40. The number of hydrogen-bond donors (Lipinski definition) is 1. The summed E-state index contributed by atoms with van der Waals surface area (Å²) in [5, 5.41) is 3.29. The smallest absolute Gasteiger partial charge is 0.282 e. The van der Waals surface area contributed by atoms with Crippen molar-refractivity contribution in [2.45, 2.75) is 34.6 Å². The number of rotatable bonds is 4. The molecule has 0 unspecified atom stereocenters. The summed E-state index contributed by atoms with van der Waals surface area (Å²) in [4.78, 5) is 28.4. The molecule has 156 valence electrons. The lowest BCUT2D eigenvalue weighted by Crippen LogP contribution is -2.32. The first-order valence-electron chi connectivity index (χ1n) is 10.4. The highest BCUT2D eigenvalue weighted by Crippen LogP contribution is 2.35. The van der Waals surface area contributed by atoms with Crippen molar-refractivity contribution >= 4 is 28.8 Å². The molecular formula is C27H26N2O2. The summed E-state index contributed by atoms with van der Waals surface area (Å²) in [6.45, 7) is 9.91. The third-order valence-corrected chi connectivity index (χ3v) is 5.54. The number of anilines is 2. The van der Waals surface area contributed by atoms with E-state index in [1.165, 1.54) is 4.90 Å². The molecule has 1 N–H and O–H groups in total. The van der Waals surface area contributed by atoms with Gasteiger partial charge in [-0.3, -0.25) is 9.59 Å². The van der Waals surface area contributed by atoms with E-state index >= 15 is 0 Å². The number of aryl methyl sites for hydroxylation is 5. The average Bonchev–Trinajstić information content (AvgIpc) is 2.94. The van der Waals surface area contributed by atoms with Gasteiger partial charge < -0.3 is 5.32 Å². The SMILES string of the molecule is Cc1ccc(C2=C(Nc3cc(C)ccc3C)C(=O)N(c3cc(C)cc(C)c3)C2=O)cc1. The minimum atomic E-state index is -0.341. The van der Waals surface area contributed by atoms with Crippen LogP contribution in [0.1, 0.15) is 33.4 Å². The minimum Gasteiger partial charge on any atom is -0.350 e. The van der Waals surface area contributed by atoms with Gasteiger partial charge in [-0.25, -0.2) is 4.90 Å². The molecule has 0 aromatic heterocycles. The molecule has 0 spiro atoms. The van der Waals surface area contributed by atoms with Gasteiger partial charge in [0.15, 0.2) is 0 Å². The lowest BCUT2D eigenvalue weighted by atomic mass is 10.0. The van der Waals surface area contributed by atoms with Crippen LogP contribution in [0.25, 0.3) is 5.57 Å². The van der Waals surface area contributed by atoms with E-state index in [1.54, 1.807) is 0 Å². The van der Waals surface area contributed by atoms with Gasteiger partial charge in [-0.1, -0.05) is 48.0 Å². The molecule has 3 aromatic carbocycles. The van der Waals surface area contributed by atoms with Gasteiger partial charge in [-0.15, -0.1) is 0 Å². The van der Waals surface area contributed by atoms with Crippen LogP contribution in [0.15, 0.2) is 66.4 Å². The molecule has 0 saturated heterocycles. The van der Waals surface area contributed by atoms with Crippen LogP contribution < -0.4 is 10.2 Å². The van der Waals surface area contributed by atoms with Gasteiger partial charge in [0.1, 0.15) is 5.70 Å². The zero-order valence-corrected chi connectivity index (χ0v) is 18.5. The molecule has 3 aromatic rings. The Bertz CT molecular complexity index is 1220. The van der Waals surface area contributed by atoms with E-state index in [1.807, 2.05) is 95.3 Å². The Balaban J connectivity index is 1.86. The zero-order chi connectivity index (χ0) is 22.3. The molecule has 4 rings (SSSR count). The number of hydrogen-bond acceptors (Lipinski definition) is 3. The lowest BCUT2D eigenvalue weighted by molar-refractivity contribution is -0.120. The number of nitrogens with zero attached hydrogens (tertiary/aromatic N) is 1. The molecule has 1 heterocycles. The second-order valence-electron chi connectivity index (χ2n) is 8.35. The molecular weight excluding hydrogens is 384 g/mol. The van der Waals surface area contributed by atoms with Crippen molar-refractivity contribution in [3.63, 3.8) is 0 Å². The van der Waals surface area contributed by atoms with Gasteiger partial charge >= 0.3 is 0 Å². The standard InChI is InChI=1S/C27H26N2O2/c1-16-7-10-21(11-8-16)24-25(28-23-15-17(2)6-9-20(23)5)27(31)29(26(24)30)22-13-18(3)12-19(4)14-22/h6-15,28H,1-5H3. The van der Waals surface area contributed by atoms with E-state index in [4.69, 9.17) is 0 Å². The van der Waals surface area contributed by atoms with E-state index in [0.29, 0.717) is 17.0 Å². The highest BCUT2D eigenvalue weighted by atomic mass is 16.2. The van der Waals surface area contributed by atoms with Gasteiger partial charge in [0.05, 0.1) is 11.3 Å². The molecule has 0 fully saturated rings. The van der Waals surface area contributed by atoms with Crippen LogP contribution in [-0.2, 0) is 9.59 Å². The molecule has 0 bridgehead atoms. The maximum atomic E-state index is 13.6. The fourth-order valence-corrected chi connectivity index (χ4v) is 3.95. The molecule has 0 saturated carbocycles. The van der Waals surface area contributed by atoms with Gasteiger partial charge in [0.25, 0.3) is 11.8 Å². The third kappa shape index (κ3) is 3.89. The van der Waals surface area contributed by atoms with E-state index in [0.717, 1.165) is 39.1 Å². The van der Waals surface area contributed by atoms with Gasteiger partial charge in [-0.05, 0) is 80.6 Å². The van der Waals surface area contributed by atoms with Crippen molar-refractivity contribution in [2.24, 2.45) is 0 Å². The Morgan fingerprint density at radius 1 is 0.645 bits per heavy atom. The fourth-order valence-electron chi connectivity index (χ4n) is 3.95. The van der Waals surface area contributed by atoms with Crippen LogP contribution in [0.3, 0.4) is 0 Å². The summed E-state index contributed by atoms with van der Waals surface area (Å²) in [5.74, 6) is -0.654. The molecule has 1 aliphatic rings. The Hall–Kier alpha value is -3.66. The average molecular weight is 411 g/mol. The Morgan fingerprint density at radius 3 is 1.90 bits per heavy atom. The third-order valence-electron chi connectivity index (χ3n) is 5.54. The number of carbonyl (C=O) groups is 2. The summed E-state index contributed by atoms with van der Waals surface area (Å²) in [6, 6.07) is 19.5. The summed E-state index contributed by atoms with van der Waals surface area (Å²) < 4.78 is 0. The Kier molecular flexibility index (Phi) is 5.24. The van der Waals surface area contributed by atoms with Crippen molar-refractivity contribution in [2.75, 3.05) is 10.2 Å². The van der Waals surface area contributed by atoms with Crippen LogP contribution in [0.5, 0.6) is 0 Å². The first-order valence-corrected chi connectivity index (χ1v) is 10.4. The molecule has 0 atom stereocenters. The Morgan fingerprint density at radius 2 is 1.26 bits per heavy atom. The minimum absolute atomic E-state index is 0.307. The number of imide groups is 1. The monoisotopic (exact) mass is 410 g/mol. The predicted molar refractivity (Wildman–Crippen MR) is 126 cm³/mol. The summed E-state index contributed by atoms with van der Waals surface area (Å²) in [5.41, 5.74) is 8.02. The molecule has 31 heavy (non-hydrogen) atoms. The second kappa shape index (κ2) is 7.88. The molecule has 0 aliphatic carbocycles. The quantitative estimate of drug-likeness (QED) is 0.568. The van der Waals surface area contributed by atoms with Crippen LogP contribution in [0.2, 0.25) is 0 Å².